The first-order valence-corrected chi connectivity index (χ1v) is 15.4. The summed E-state index contributed by atoms with van der Waals surface area (Å²) in [5.41, 5.74) is 4.62. The predicted molar refractivity (Wildman–Crippen MR) is 163 cm³/mol. The topological polar surface area (TPSA) is 131 Å². The van der Waals surface area contributed by atoms with E-state index in [1.165, 1.54) is 12.1 Å². The largest absolute Gasteiger partial charge is 0.496 e. The first kappa shape index (κ1) is 29.3. The van der Waals surface area contributed by atoms with E-state index in [2.05, 4.69) is 24.5 Å². The average molecular weight is 589 g/mol. The SMILES string of the molecule is COc1ccccc1C1C2=C(CC(C)(C)CC2=O)Nc2ccccc2N1CC(=O)NCCc1ccc(S(N)(=O)=O)cc1. The fraction of sp³-hybridized carbons (Fsp3) is 0.312. The maximum absolute atomic E-state index is 13.9. The van der Waals surface area contributed by atoms with Crippen molar-refractivity contribution in [1.29, 1.82) is 0 Å². The number of hydrogen-bond donors (Lipinski definition) is 3. The molecule has 1 amide bonds. The Morgan fingerprint density at radius 1 is 1.05 bits per heavy atom. The Balaban J connectivity index is 1.47. The molecule has 1 atom stereocenters. The second-order valence-electron chi connectivity index (χ2n) is 11.5. The summed E-state index contributed by atoms with van der Waals surface area (Å²) in [6.07, 6.45) is 1.60. The lowest BCUT2D eigenvalue weighted by Crippen LogP contribution is -2.42. The molecule has 3 aromatic carbocycles. The number of fused-ring (bicyclic) bond motifs is 1. The van der Waals surface area contributed by atoms with E-state index in [0.717, 1.165) is 28.2 Å². The van der Waals surface area contributed by atoms with Crippen LogP contribution in [-0.4, -0.2) is 40.3 Å². The zero-order valence-corrected chi connectivity index (χ0v) is 24.8. The third-order valence-electron chi connectivity index (χ3n) is 7.74. The summed E-state index contributed by atoms with van der Waals surface area (Å²) < 4.78 is 28.8. The predicted octanol–water partition coefficient (Wildman–Crippen LogP) is 4.32. The molecule has 5 rings (SSSR count). The van der Waals surface area contributed by atoms with Gasteiger partial charge in [0, 0.05) is 29.8 Å². The molecule has 1 unspecified atom stereocenters. The van der Waals surface area contributed by atoms with Crippen LogP contribution in [0, 0.1) is 5.41 Å². The fourth-order valence-electron chi connectivity index (χ4n) is 5.85. The summed E-state index contributed by atoms with van der Waals surface area (Å²) in [7, 11) is -2.16. The van der Waals surface area contributed by atoms with Crippen LogP contribution in [0.25, 0.3) is 0 Å². The van der Waals surface area contributed by atoms with Gasteiger partial charge >= 0.3 is 0 Å². The summed E-state index contributed by atoms with van der Waals surface area (Å²) in [5.74, 6) is 0.476. The number of carbonyl (C=O) groups is 2. The first-order chi connectivity index (χ1) is 20.0. The number of nitrogens with one attached hydrogen (secondary N) is 2. The van der Waals surface area contributed by atoms with Gasteiger partial charge in [-0.2, -0.15) is 0 Å². The minimum absolute atomic E-state index is 0.000777. The molecule has 4 N–H and O–H groups in total. The molecule has 0 bridgehead atoms. The molecule has 1 aliphatic heterocycles. The number of ether oxygens (including phenoxy) is 1. The normalized spacial score (nSPS) is 18.0. The van der Waals surface area contributed by atoms with E-state index in [9.17, 15) is 18.0 Å². The van der Waals surface area contributed by atoms with Crippen molar-refractivity contribution in [1.82, 2.24) is 5.32 Å². The van der Waals surface area contributed by atoms with Crippen molar-refractivity contribution < 1.29 is 22.7 Å². The quantitative estimate of drug-likeness (QED) is 0.357. The van der Waals surface area contributed by atoms with E-state index in [-0.39, 0.29) is 28.5 Å². The van der Waals surface area contributed by atoms with Crippen LogP contribution in [0.3, 0.4) is 0 Å². The number of para-hydroxylation sites is 3. The summed E-state index contributed by atoms with van der Waals surface area (Å²) in [4.78, 5) is 29.4. The molecule has 0 radical (unpaired) electrons. The molecule has 0 saturated carbocycles. The maximum atomic E-state index is 13.9. The van der Waals surface area contributed by atoms with Gasteiger partial charge in [-0.25, -0.2) is 13.6 Å². The van der Waals surface area contributed by atoms with E-state index in [1.807, 2.05) is 53.4 Å². The number of rotatable bonds is 8. The number of Topliss-reactive ketones (excluding diaryl/α,β-unsaturated/α-hetero) is 1. The molecule has 3 aromatic rings. The van der Waals surface area contributed by atoms with Crippen molar-refractivity contribution in [2.75, 3.05) is 30.4 Å². The van der Waals surface area contributed by atoms with Gasteiger partial charge in [-0.05, 0) is 54.2 Å². The Bertz CT molecular complexity index is 1650. The number of amides is 1. The molecular formula is C32H36N4O5S. The van der Waals surface area contributed by atoms with Crippen LogP contribution >= 0.6 is 0 Å². The molecule has 10 heteroatoms. The summed E-state index contributed by atoms with van der Waals surface area (Å²) in [6.45, 7) is 4.54. The monoisotopic (exact) mass is 588 g/mol. The number of benzene rings is 3. The lowest BCUT2D eigenvalue weighted by Gasteiger charge is -2.38. The van der Waals surface area contributed by atoms with Gasteiger partial charge in [0.1, 0.15) is 5.75 Å². The van der Waals surface area contributed by atoms with E-state index >= 15 is 0 Å². The highest BCUT2D eigenvalue weighted by Gasteiger charge is 2.42. The molecule has 0 saturated heterocycles. The summed E-state index contributed by atoms with van der Waals surface area (Å²) >= 11 is 0. The Labute approximate surface area is 246 Å². The molecule has 9 nitrogen and oxygen atoms in total. The van der Waals surface area contributed by atoms with E-state index < -0.39 is 16.1 Å². The number of ketones is 1. The van der Waals surface area contributed by atoms with E-state index in [0.29, 0.717) is 37.1 Å². The van der Waals surface area contributed by atoms with E-state index in [4.69, 9.17) is 9.88 Å². The molecule has 0 aromatic heterocycles. The zero-order chi connectivity index (χ0) is 30.1. The van der Waals surface area contributed by atoms with Crippen LogP contribution in [0.2, 0.25) is 0 Å². The minimum Gasteiger partial charge on any atom is -0.496 e. The minimum atomic E-state index is -3.77. The van der Waals surface area contributed by atoms with Crippen LogP contribution in [0.5, 0.6) is 5.75 Å². The van der Waals surface area contributed by atoms with Gasteiger partial charge in [-0.15, -0.1) is 0 Å². The van der Waals surface area contributed by atoms with Crippen molar-refractivity contribution in [2.24, 2.45) is 10.6 Å². The first-order valence-electron chi connectivity index (χ1n) is 13.9. The third-order valence-corrected chi connectivity index (χ3v) is 8.67. The highest BCUT2D eigenvalue weighted by molar-refractivity contribution is 7.89. The standard InChI is InChI=1S/C32H36N4O5S/c1-32(2)18-25-30(27(37)19-32)31(23-8-4-7-11-28(23)41-3)36(26-10-6-5-9-24(26)35-25)20-29(38)34-17-16-21-12-14-22(15-13-21)42(33,39)40/h4-15,31,35H,16-20H2,1-3H3,(H,34,38)(H2,33,39,40). The third kappa shape index (κ3) is 6.19. The average Bonchev–Trinajstić information content (AvgIpc) is 3.06. The lowest BCUT2D eigenvalue weighted by molar-refractivity contribution is -0.120. The molecule has 2 aliphatic rings. The number of methoxy groups -OCH3 is 1. The van der Waals surface area contributed by atoms with Crippen molar-refractivity contribution >= 4 is 33.1 Å². The summed E-state index contributed by atoms with van der Waals surface area (Å²) in [5, 5.41) is 11.7. The van der Waals surface area contributed by atoms with Crippen molar-refractivity contribution in [3.8, 4) is 5.75 Å². The van der Waals surface area contributed by atoms with Crippen LogP contribution in [0.4, 0.5) is 11.4 Å². The number of nitrogens with zero attached hydrogens (tertiary/aromatic N) is 1. The zero-order valence-electron chi connectivity index (χ0n) is 24.0. The molecule has 1 aliphatic carbocycles. The Morgan fingerprint density at radius 2 is 1.74 bits per heavy atom. The van der Waals surface area contributed by atoms with Crippen LogP contribution in [0.1, 0.15) is 43.9 Å². The van der Waals surface area contributed by atoms with Gasteiger partial charge in [-0.3, -0.25) is 9.59 Å². The second kappa shape index (κ2) is 11.6. The molecular weight excluding hydrogens is 552 g/mol. The second-order valence-corrected chi connectivity index (χ2v) is 13.1. The number of nitrogens with two attached hydrogens (primary N) is 1. The van der Waals surface area contributed by atoms with Crippen LogP contribution in [-0.2, 0) is 26.0 Å². The van der Waals surface area contributed by atoms with Gasteiger partial charge in [0.15, 0.2) is 5.78 Å². The van der Waals surface area contributed by atoms with Gasteiger partial charge in [0.2, 0.25) is 15.9 Å². The number of hydrogen-bond acceptors (Lipinski definition) is 7. The molecule has 220 valence electrons. The van der Waals surface area contributed by atoms with Gasteiger partial charge < -0.3 is 20.3 Å². The molecule has 0 spiro atoms. The highest BCUT2D eigenvalue weighted by atomic mass is 32.2. The number of carbonyl (C=O) groups excluding carboxylic acids is 2. The van der Waals surface area contributed by atoms with Crippen molar-refractivity contribution in [2.45, 2.75) is 44.0 Å². The Hall–Kier alpha value is -4.15. The smallest absolute Gasteiger partial charge is 0.239 e. The molecule has 0 fully saturated rings. The number of primary sulfonamides is 1. The van der Waals surface area contributed by atoms with Crippen LogP contribution in [0.15, 0.2) is 89.0 Å². The Morgan fingerprint density at radius 3 is 2.45 bits per heavy atom. The lowest BCUT2D eigenvalue weighted by atomic mass is 9.73. The number of allylic oxidation sites excluding steroid dienone is 1. The van der Waals surface area contributed by atoms with Gasteiger partial charge in [0.25, 0.3) is 0 Å². The van der Waals surface area contributed by atoms with Crippen LogP contribution < -0.4 is 25.4 Å². The maximum Gasteiger partial charge on any atom is 0.239 e. The number of anilines is 2. The van der Waals surface area contributed by atoms with Crippen molar-refractivity contribution in [3.05, 3.63) is 95.2 Å². The summed E-state index contributed by atoms with van der Waals surface area (Å²) in [6, 6.07) is 21.1. The van der Waals surface area contributed by atoms with Crippen molar-refractivity contribution in [3.63, 3.8) is 0 Å². The highest BCUT2D eigenvalue weighted by Crippen LogP contribution is 2.49. The molecule has 42 heavy (non-hydrogen) atoms. The number of sulfonamides is 1. The molecule has 1 heterocycles. The fourth-order valence-corrected chi connectivity index (χ4v) is 6.36. The van der Waals surface area contributed by atoms with E-state index in [1.54, 1.807) is 19.2 Å². The van der Waals surface area contributed by atoms with Gasteiger partial charge in [-0.1, -0.05) is 56.3 Å². The van der Waals surface area contributed by atoms with Gasteiger partial charge in [0.05, 0.1) is 36.0 Å². The Kier molecular flexibility index (Phi) is 8.12.